The van der Waals surface area contributed by atoms with Crippen molar-refractivity contribution in [3.05, 3.63) is 82.3 Å². The molecule has 2 aromatic heterocycles. The van der Waals surface area contributed by atoms with E-state index in [1.165, 1.54) is 17.1 Å². The van der Waals surface area contributed by atoms with E-state index in [1.807, 2.05) is 24.3 Å². The van der Waals surface area contributed by atoms with Gasteiger partial charge in [0.25, 0.3) is 6.08 Å². The highest BCUT2D eigenvalue weighted by atomic mass is 19.3. The molecule has 1 unspecified atom stereocenters. The average molecular weight is 426 g/mol. The number of benzene rings is 1. The molecule has 0 aliphatic carbocycles. The van der Waals surface area contributed by atoms with E-state index in [0.717, 1.165) is 15.9 Å². The predicted molar refractivity (Wildman–Crippen MR) is 110 cm³/mol. The predicted octanol–water partition coefficient (Wildman–Crippen LogP) is 1.84. The van der Waals surface area contributed by atoms with Gasteiger partial charge in [-0.25, -0.2) is 14.0 Å². The maximum absolute atomic E-state index is 12.9. The molecule has 0 saturated heterocycles. The zero-order valence-corrected chi connectivity index (χ0v) is 16.7. The summed E-state index contributed by atoms with van der Waals surface area (Å²) in [6.07, 6.45) is 1.32. The summed E-state index contributed by atoms with van der Waals surface area (Å²) >= 11 is 0. The number of carbonyl (C=O) groups excluding carboxylic acids is 1. The largest absolute Gasteiger partial charge is 0.350 e. The van der Waals surface area contributed by atoms with Crippen molar-refractivity contribution in [1.82, 2.24) is 19.3 Å². The number of para-hydroxylation sites is 1. The molecule has 0 radical (unpaired) electrons. The molecule has 1 amide bonds. The summed E-state index contributed by atoms with van der Waals surface area (Å²) < 4.78 is 27.9. The van der Waals surface area contributed by atoms with Gasteiger partial charge in [-0.15, -0.1) is 0 Å². The van der Waals surface area contributed by atoms with Gasteiger partial charge in [0.1, 0.15) is 6.33 Å². The Kier molecular flexibility index (Phi) is 5.47. The molecule has 4 rings (SSSR count). The molecule has 0 spiro atoms. The van der Waals surface area contributed by atoms with Gasteiger partial charge in [-0.1, -0.05) is 18.2 Å². The summed E-state index contributed by atoms with van der Waals surface area (Å²) in [5.74, 6) is -0.597. The van der Waals surface area contributed by atoms with E-state index < -0.39 is 24.2 Å². The highest BCUT2D eigenvalue weighted by Gasteiger charge is 2.32. The lowest BCUT2D eigenvalue weighted by Crippen LogP contribution is -2.37. The molecular weight excluding hydrogens is 406 g/mol. The number of likely N-dealkylation sites (N-methyl/N-ethyl adjacent to an activating group) is 1. The molecule has 1 aliphatic heterocycles. The zero-order valence-electron chi connectivity index (χ0n) is 16.7. The van der Waals surface area contributed by atoms with Gasteiger partial charge >= 0.3 is 5.69 Å². The SMILES string of the molecule is CN1C(=O)C(c2cc(-n3cnn(CC(CN)=C(F)F)c3=O)ccn2)Cc2ccccc21. The molecule has 1 aromatic carbocycles. The molecule has 1 aliphatic rings. The third kappa shape index (κ3) is 3.77. The first-order chi connectivity index (χ1) is 14.9. The van der Waals surface area contributed by atoms with Gasteiger partial charge in [0, 0.05) is 31.0 Å². The van der Waals surface area contributed by atoms with E-state index in [1.54, 1.807) is 24.1 Å². The Balaban J connectivity index is 1.67. The summed E-state index contributed by atoms with van der Waals surface area (Å²) in [7, 11) is 1.72. The molecule has 31 heavy (non-hydrogen) atoms. The first-order valence-electron chi connectivity index (χ1n) is 9.60. The van der Waals surface area contributed by atoms with Gasteiger partial charge in [0.15, 0.2) is 0 Å². The van der Waals surface area contributed by atoms with Crippen molar-refractivity contribution in [2.75, 3.05) is 18.5 Å². The highest BCUT2D eigenvalue weighted by Crippen LogP contribution is 2.34. The number of rotatable bonds is 5. The fraction of sp³-hybridized carbons (Fsp3) is 0.238. The molecule has 160 valence electrons. The molecule has 8 nitrogen and oxygen atoms in total. The minimum atomic E-state index is -1.92. The van der Waals surface area contributed by atoms with Crippen LogP contribution in [0.25, 0.3) is 5.69 Å². The highest BCUT2D eigenvalue weighted by molar-refractivity contribution is 6.00. The van der Waals surface area contributed by atoms with E-state index in [0.29, 0.717) is 17.8 Å². The smallest absolute Gasteiger partial charge is 0.327 e. The third-order valence-corrected chi connectivity index (χ3v) is 5.39. The molecule has 0 saturated carbocycles. The van der Waals surface area contributed by atoms with E-state index in [2.05, 4.69) is 10.1 Å². The third-order valence-electron chi connectivity index (χ3n) is 5.39. The van der Waals surface area contributed by atoms with Gasteiger partial charge < -0.3 is 10.6 Å². The Morgan fingerprint density at radius 2 is 2.00 bits per heavy atom. The molecule has 3 heterocycles. The summed E-state index contributed by atoms with van der Waals surface area (Å²) in [5.41, 5.74) is 7.20. The molecule has 0 fully saturated rings. The topological polar surface area (TPSA) is 99.0 Å². The van der Waals surface area contributed by atoms with Crippen molar-refractivity contribution in [1.29, 1.82) is 0 Å². The van der Waals surface area contributed by atoms with Crippen LogP contribution in [0.1, 0.15) is 17.2 Å². The average Bonchev–Trinajstić information content (AvgIpc) is 3.14. The van der Waals surface area contributed by atoms with Gasteiger partial charge in [-0.05, 0) is 30.2 Å². The summed E-state index contributed by atoms with van der Waals surface area (Å²) in [6, 6.07) is 10.9. The number of pyridine rings is 1. The second-order valence-electron chi connectivity index (χ2n) is 7.23. The Morgan fingerprint density at radius 1 is 1.23 bits per heavy atom. The Hall–Kier alpha value is -3.66. The van der Waals surface area contributed by atoms with Crippen molar-refractivity contribution in [3.8, 4) is 5.69 Å². The molecule has 3 aromatic rings. The summed E-state index contributed by atoms with van der Waals surface area (Å²) in [6.45, 7) is -0.773. The van der Waals surface area contributed by atoms with E-state index in [9.17, 15) is 18.4 Å². The minimum absolute atomic E-state index is 0.0949. The molecule has 10 heteroatoms. The maximum Gasteiger partial charge on any atom is 0.350 e. The van der Waals surface area contributed by atoms with Crippen LogP contribution >= 0.6 is 0 Å². The number of nitrogens with two attached hydrogens (primary N) is 1. The van der Waals surface area contributed by atoms with Crippen molar-refractivity contribution in [2.45, 2.75) is 18.9 Å². The fourth-order valence-corrected chi connectivity index (χ4v) is 3.68. The standard InChI is InChI=1S/C21H20F2N6O2/c1-27-18-5-3-2-4-13(18)8-16(20(27)30)17-9-15(6-7-25-17)28-12-26-29(21(28)31)11-14(10-24)19(22)23/h2-7,9,12,16H,8,10-11,24H2,1H3. The second-order valence-corrected chi connectivity index (χ2v) is 7.23. The van der Waals surface area contributed by atoms with E-state index >= 15 is 0 Å². The Bertz CT molecular complexity index is 1230. The Labute approximate surface area is 176 Å². The molecule has 1 atom stereocenters. The molecular formula is C21H20F2N6O2. The lowest BCUT2D eigenvalue weighted by atomic mass is 9.89. The Morgan fingerprint density at radius 3 is 2.74 bits per heavy atom. The van der Waals surface area contributed by atoms with Crippen molar-refractivity contribution >= 4 is 11.6 Å². The van der Waals surface area contributed by atoms with Crippen molar-refractivity contribution in [3.63, 3.8) is 0 Å². The second kappa shape index (κ2) is 8.23. The van der Waals surface area contributed by atoms with Crippen LogP contribution in [0.3, 0.4) is 0 Å². The number of aromatic nitrogens is 4. The number of hydrogen-bond donors (Lipinski definition) is 1. The number of nitrogens with zero attached hydrogens (tertiary/aromatic N) is 5. The van der Waals surface area contributed by atoms with Crippen LogP contribution in [-0.2, 0) is 17.8 Å². The quantitative estimate of drug-likeness (QED) is 0.671. The summed E-state index contributed by atoms with van der Waals surface area (Å²) in [4.78, 5) is 31.6. The first kappa shape index (κ1) is 20.6. The number of hydrogen-bond acceptors (Lipinski definition) is 5. The van der Waals surface area contributed by atoms with Crippen LogP contribution in [0.4, 0.5) is 14.5 Å². The van der Waals surface area contributed by atoms with Crippen LogP contribution in [0.5, 0.6) is 0 Å². The normalized spacial score (nSPS) is 15.7. The number of carbonyl (C=O) groups is 1. The number of amides is 1. The van der Waals surface area contributed by atoms with Crippen LogP contribution in [0.2, 0.25) is 0 Å². The number of fused-ring (bicyclic) bond motifs is 1. The van der Waals surface area contributed by atoms with E-state index in [4.69, 9.17) is 5.73 Å². The zero-order chi connectivity index (χ0) is 22.1. The number of halogens is 2. The van der Waals surface area contributed by atoms with Gasteiger partial charge in [0.2, 0.25) is 5.91 Å². The lowest BCUT2D eigenvalue weighted by Gasteiger charge is -2.31. The molecule has 2 N–H and O–H groups in total. The van der Waals surface area contributed by atoms with Crippen molar-refractivity contribution in [2.24, 2.45) is 5.73 Å². The lowest BCUT2D eigenvalue weighted by molar-refractivity contribution is -0.120. The van der Waals surface area contributed by atoms with Gasteiger partial charge in [-0.3, -0.25) is 9.78 Å². The van der Waals surface area contributed by atoms with Crippen LogP contribution in [-0.4, -0.2) is 38.8 Å². The fourth-order valence-electron chi connectivity index (χ4n) is 3.68. The monoisotopic (exact) mass is 426 g/mol. The minimum Gasteiger partial charge on any atom is -0.327 e. The maximum atomic E-state index is 12.9. The van der Waals surface area contributed by atoms with Crippen LogP contribution < -0.4 is 16.3 Å². The van der Waals surface area contributed by atoms with E-state index in [-0.39, 0.29) is 18.0 Å². The first-order valence-corrected chi connectivity index (χ1v) is 9.60. The number of anilines is 1. The van der Waals surface area contributed by atoms with Crippen LogP contribution in [0.15, 0.2) is 65.4 Å². The molecule has 0 bridgehead atoms. The van der Waals surface area contributed by atoms with Crippen molar-refractivity contribution < 1.29 is 13.6 Å². The van der Waals surface area contributed by atoms with Gasteiger partial charge in [-0.2, -0.15) is 13.9 Å². The summed E-state index contributed by atoms with van der Waals surface area (Å²) in [5, 5.41) is 3.91. The van der Waals surface area contributed by atoms with Gasteiger partial charge in [0.05, 0.1) is 23.8 Å². The van der Waals surface area contributed by atoms with Crippen LogP contribution in [0, 0.1) is 0 Å².